The molecule has 33 heavy (non-hydrogen) atoms. The number of carbonyl (C=O) groups is 2. The maximum Gasteiger partial charge on any atom is 0.276 e. The fourth-order valence-corrected chi connectivity index (χ4v) is 3.26. The smallest absolute Gasteiger partial charge is 0.276 e. The zero-order chi connectivity index (χ0) is 23.4. The minimum Gasteiger partial charge on any atom is -0.494 e. The van der Waals surface area contributed by atoms with Gasteiger partial charge < -0.3 is 15.4 Å². The van der Waals surface area contributed by atoms with Crippen LogP contribution in [-0.2, 0) is 0 Å². The van der Waals surface area contributed by atoms with Crippen LogP contribution in [0.15, 0.2) is 79.0 Å². The van der Waals surface area contributed by atoms with Crippen LogP contribution < -0.4 is 15.4 Å². The summed E-state index contributed by atoms with van der Waals surface area (Å²) in [4.78, 5) is 25.2. The van der Waals surface area contributed by atoms with E-state index in [0.717, 1.165) is 5.56 Å². The van der Waals surface area contributed by atoms with Crippen molar-refractivity contribution in [2.75, 3.05) is 17.7 Å². The van der Waals surface area contributed by atoms with E-state index in [-0.39, 0.29) is 5.69 Å². The van der Waals surface area contributed by atoms with E-state index in [2.05, 4.69) is 15.7 Å². The highest BCUT2D eigenvalue weighted by molar-refractivity contribution is 6.06. The first-order chi connectivity index (χ1) is 15.9. The van der Waals surface area contributed by atoms with E-state index in [4.69, 9.17) is 4.74 Å². The van der Waals surface area contributed by atoms with Crippen LogP contribution in [0.25, 0.3) is 5.69 Å². The van der Waals surface area contributed by atoms with Gasteiger partial charge in [-0.2, -0.15) is 5.10 Å². The quantitative estimate of drug-likeness (QED) is 0.446. The van der Waals surface area contributed by atoms with Gasteiger partial charge >= 0.3 is 0 Å². The predicted octanol–water partition coefficient (Wildman–Crippen LogP) is 4.83. The number of halogens is 1. The van der Waals surface area contributed by atoms with Crippen molar-refractivity contribution in [3.63, 3.8) is 0 Å². The lowest BCUT2D eigenvalue weighted by Crippen LogP contribution is -2.15. The average Bonchev–Trinajstić information content (AvgIpc) is 3.30. The molecule has 2 N–H and O–H groups in total. The largest absolute Gasteiger partial charge is 0.494 e. The van der Waals surface area contributed by atoms with Gasteiger partial charge in [0.25, 0.3) is 11.8 Å². The number of nitrogens with one attached hydrogen (secondary N) is 2. The van der Waals surface area contributed by atoms with Gasteiger partial charge in [0.2, 0.25) is 0 Å². The minimum atomic E-state index is -0.448. The molecule has 0 spiro atoms. The molecule has 4 aromatic rings. The Morgan fingerprint density at radius 1 is 0.909 bits per heavy atom. The fraction of sp³-hybridized carbons (Fsp3) is 0.0800. The van der Waals surface area contributed by atoms with Crippen LogP contribution in [0.2, 0.25) is 0 Å². The summed E-state index contributed by atoms with van der Waals surface area (Å²) in [6.45, 7) is 1.96. The molecule has 3 aromatic carbocycles. The summed E-state index contributed by atoms with van der Waals surface area (Å²) >= 11 is 0. The summed E-state index contributed by atoms with van der Waals surface area (Å²) in [7, 11) is 1.57. The molecular formula is C25H21FN4O3. The normalized spacial score (nSPS) is 10.5. The Morgan fingerprint density at radius 2 is 1.64 bits per heavy atom. The Morgan fingerprint density at radius 3 is 2.39 bits per heavy atom. The molecule has 1 aromatic heterocycles. The molecule has 0 atom stereocenters. The molecule has 7 nitrogen and oxygen atoms in total. The number of rotatable bonds is 6. The zero-order valence-electron chi connectivity index (χ0n) is 18.0. The van der Waals surface area contributed by atoms with Gasteiger partial charge in [0.1, 0.15) is 17.3 Å². The lowest BCUT2D eigenvalue weighted by molar-refractivity contribution is 0.101. The van der Waals surface area contributed by atoms with Gasteiger partial charge in [-0.15, -0.1) is 0 Å². The first-order valence-electron chi connectivity index (χ1n) is 10.1. The third-order valence-corrected chi connectivity index (χ3v) is 4.87. The molecule has 2 amide bonds. The molecule has 0 aliphatic rings. The van der Waals surface area contributed by atoms with Crippen molar-refractivity contribution < 1.29 is 18.7 Å². The topological polar surface area (TPSA) is 85.2 Å². The molecule has 4 rings (SSSR count). The van der Waals surface area contributed by atoms with Gasteiger partial charge in [-0.25, -0.2) is 9.07 Å². The SMILES string of the molecule is COc1ccc(C)cc1-n1ccc(C(=O)Nc2cccc(C(=O)Nc3cccc(F)c3)c2)n1. The maximum atomic E-state index is 13.3. The molecule has 0 saturated heterocycles. The first kappa shape index (κ1) is 21.8. The molecule has 1 heterocycles. The number of hydrogen-bond acceptors (Lipinski definition) is 4. The van der Waals surface area contributed by atoms with Crippen LogP contribution in [0.1, 0.15) is 26.4 Å². The van der Waals surface area contributed by atoms with E-state index in [1.165, 1.54) is 24.3 Å². The number of anilines is 2. The number of aromatic nitrogens is 2. The van der Waals surface area contributed by atoms with Crippen LogP contribution in [0.3, 0.4) is 0 Å². The number of nitrogens with zero attached hydrogens (tertiary/aromatic N) is 2. The highest BCUT2D eigenvalue weighted by atomic mass is 19.1. The first-order valence-corrected chi connectivity index (χ1v) is 10.1. The predicted molar refractivity (Wildman–Crippen MR) is 124 cm³/mol. The van der Waals surface area contributed by atoms with Crippen LogP contribution in [0.5, 0.6) is 5.75 Å². The number of ether oxygens (including phenoxy) is 1. The Labute approximate surface area is 189 Å². The molecule has 0 fully saturated rings. The van der Waals surface area contributed by atoms with Gasteiger partial charge in [0.15, 0.2) is 5.69 Å². The lowest BCUT2D eigenvalue weighted by Gasteiger charge is -2.09. The van der Waals surface area contributed by atoms with E-state index >= 15 is 0 Å². The monoisotopic (exact) mass is 444 g/mol. The summed E-state index contributed by atoms with van der Waals surface area (Å²) in [6.07, 6.45) is 1.68. The molecule has 0 saturated carbocycles. The Balaban J connectivity index is 1.49. The number of carbonyl (C=O) groups excluding carboxylic acids is 2. The molecular weight excluding hydrogens is 423 g/mol. The van der Waals surface area contributed by atoms with E-state index in [1.54, 1.807) is 48.3 Å². The second-order valence-corrected chi connectivity index (χ2v) is 7.32. The Kier molecular flexibility index (Phi) is 6.17. The lowest BCUT2D eigenvalue weighted by atomic mass is 10.1. The van der Waals surface area contributed by atoms with Crippen LogP contribution in [-0.4, -0.2) is 28.7 Å². The molecule has 0 aliphatic heterocycles. The van der Waals surface area contributed by atoms with Gasteiger partial charge in [-0.1, -0.05) is 18.2 Å². The van der Waals surface area contributed by atoms with Crippen molar-refractivity contribution in [2.24, 2.45) is 0 Å². The third-order valence-electron chi connectivity index (χ3n) is 4.87. The third kappa shape index (κ3) is 5.07. The van der Waals surface area contributed by atoms with Crippen molar-refractivity contribution in [2.45, 2.75) is 6.92 Å². The van der Waals surface area contributed by atoms with Crippen molar-refractivity contribution >= 4 is 23.2 Å². The standard InChI is InChI=1S/C25H21FN4O3/c1-16-9-10-23(33-2)22(13-16)30-12-11-21(29-30)25(32)28-19-7-3-5-17(14-19)24(31)27-20-8-4-6-18(26)15-20/h3-15H,1-2H3,(H,27,31)(H,28,32). The van der Waals surface area contributed by atoms with E-state index in [9.17, 15) is 14.0 Å². The van der Waals surface area contributed by atoms with E-state index < -0.39 is 17.6 Å². The van der Waals surface area contributed by atoms with E-state index in [1.807, 2.05) is 25.1 Å². The summed E-state index contributed by atoms with van der Waals surface area (Å²) in [6, 6.07) is 19.3. The van der Waals surface area contributed by atoms with Crippen molar-refractivity contribution in [1.82, 2.24) is 9.78 Å². The van der Waals surface area contributed by atoms with E-state index in [0.29, 0.717) is 28.4 Å². The summed E-state index contributed by atoms with van der Waals surface area (Å²) in [5, 5.41) is 9.73. The van der Waals surface area contributed by atoms with Gasteiger partial charge in [-0.05, 0) is 67.1 Å². The summed E-state index contributed by atoms with van der Waals surface area (Å²) in [5.74, 6) is -0.667. The number of aryl methyl sites for hydroxylation is 1. The van der Waals surface area contributed by atoms with Gasteiger partial charge in [0, 0.05) is 23.1 Å². The van der Waals surface area contributed by atoms with Crippen LogP contribution in [0, 0.1) is 12.7 Å². The second-order valence-electron chi connectivity index (χ2n) is 7.32. The molecule has 0 bridgehead atoms. The van der Waals surface area contributed by atoms with Crippen molar-refractivity contribution in [1.29, 1.82) is 0 Å². The number of methoxy groups -OCH3 is 1. The maximum absolute atomic E-state index is 13.3. The number of amides is 2. The van der Waals surface area contributed by atoms with Crippen LogP contribution >= 0.6 is 0 Å². The fourth-order valence-electron chi connectivity index (χ4n) is 3.26. The summed E-state index contributed by atoms with van der Waals surface area (Å²) < 4.78 is 20.3. The minimum absolute atomic E-state index is 0.202. The average molecular weight is 444 g/mol. The number of benzene rings is 3. The molecule has 166 valence electrons. The molecule has 0 aliphatic carbocycles. The van der Waals surface area contributed by atoms with Gasteiger partial charge in [-0.3, -0.25) is 9.59 Å². The number of hydrogen-bond donors (Lipinski definition) is 2. The molecule has 0 radical (unpaired) electrons. The van der Waals surface area contributed by atoms with Crippen molar-refractivity contribution in [3.05, 3.63) is 102 Å². The zero-order valence-corrected chi connectivity index (χ0v) is 18.0. The highest BCUT2D eigenvalue weighted by Gasteiger charge is 2.14. The van der Waals surface area contributed by atoms with Crippen molar-refractivity contribution in [3.8, 4) is 11.4 Å². The Hall–Kier alpha value is -4.46. The molecule has 0 unspecified atom stereocenters. The second kappa shape index (κ2) is 9.35. The summed E-state index contributed by atoms with van der Waals surface area (Å²) in [5.41, 5.74) is 3.02. The Bertz CT molecular complexity index is 1330. The van der Waals surface area contributed by atoms with Crippen LogP contribution in [0.4, 0.5) is 15.8 Å². The highest BCUT2D eigenvalue weighted by Crippen LogP contribution is 2.23. The molecule has 8 heteroatoms. The van der Waals surface area contributed by atoms with Gasteiger partial charge in [0.05, 0.1) is 7.11 Å².